The zero-order chi connectivity index (χ0) is 15.7. The van der Waals surface area contributed by atoms with Gasteiger partial charge in [0.2, 0.25) is 5.91 Å². The molecular weight excluding hydrogens is 274 g/mol. The van der Waals surface area contributed by atoms with Crippen LogP contribution in [-0.2, 0) is 10.3 Å². The van der Waals surface area contributed by atoms with Crippen molar-refractivity contribution >= 4 is 11.4 Å². The van der Waals surface area contributed by atoms with Crippen LogP contribution in [0.4, 0.5) is 0 Å². The molecule has 3 rings (SSSR count). The van der Waals surface area contributed by atoms with Crippen molar-refractivity contribution in [2.45, 2.75) is 39.2 Å². The average Bonchev–Trinajstić information content (AvgIpc) is 3.07. The number of pyridine rings is 1. The zero-order valence-electron chi connectivity index (χ0n) is 13.6. The molecule has 0 aliphatic carbocycles. The largest absolute Gasteiger partial charge is 0.346 e. The van der Waals surface area contributed by atoms with Gasteiger partial charge in [0.1, 0.15) is 0 Å². The summed E-state index contributed by atoms with van der Waals surface area (Å²) >= 11 is 0. The molecule has 0 spiro atoms. The number of hydrogen-bond acceptors (Lipinski definition) is 2. The maximum absolute atomic E-state index is 12.4. The quantitative estimate of drug-likeness (QED) is 0.911. The Balaban J connectivity index is 1.78. The summed E-state index contributed by atoms with van der Waals surface area (Å²) in [6.07, 6.45) is 3.77. The summed E-state index contributed by atoms with van der Waals surface area (Å²) in [6, 6.07) is 8.39. The number of rotatable bonds is 4. The molecule has 1 amide bonds. The predicted molar refractivity (Wildman–Crippen MR) is 88.9 cm³/mol. The van der Waals surface area contributed by atoms with Gasteiger partial charge in [-0.3, -0.25) is 4.79 Å². The lowest BCUT2D eigenvalue weighted by molar-refractivity contribution is -0.123. The van der Waals surface area contributed by atoms with Crippen LogP contribution in [0.3, 0.4) is 0 Å². The monoisotopic (exact) mass is 299 g/mol. The lowest BCUT2D eigenvalue weighted by Gasteiger charge is -2.27. The third-order valence-corrected chi connectivity index (χ3v) is 4.63. The molecule has 1 aliphatic rings. The van der Waals surface area contributed by atoms with Gasteiger partial charge < -0.3 is 15.0 Å². The summed E-state index contributed by atoms with van der Waals surface area (Å²) in [6.45, 7) is 8.24. The highest BCUT2D eigenvalue weighted by atomic mass is 16.1. The van der Waals surface area contributed by atoms with Crippen molar-refractivity contribution in [3.63, 3.8) is 0 Å². The highest BCUT2D eigenvalue weighted by Crippen LogP contribution is 2.25. The van der Waals surface area contributed by atoms with E-state index in [4.69, 9.17) is 0 Å². The second kappa shape index (κ2) is 5.76. The third kappa shape index (κ3) is 2.88. The van der Waals surface area contributed by atoms with Gasteiger partial charge in [0.05, 0.1) is 5.54 Å². The summed E-state index contributed by atoms with van der Waals surface area (Å²) in [5, 5.41) is 6.52. The molecule has 118 valence electrons. The van der Waals surface area contributed by atoms with E-state index in [1.54, 1.807) is 0 Å². The second-order valence-electron chi connectivity index (χ2n) is 6.90. The van der Waals surface area contributed by atoms with E-state index in [1.165, 1.54) is 11.1 Å². The fourth-order valence-corrected chi connectivity index (χ4v) is 3.41. The molecule has 1 fully saturated rings. The van der Waals surface area contributed by atoms with Crippen LogP contribution in [0.25, 0.3) is 5.52 Å². The van der Waals surface area contributed by atoms with E-state index in [9.17, 15) is 4.79 Å². The molecule has 3 heterocycles. The molecule has 4 heteroatoms. The van der Waals surface area contributed by atoms with Crippen LogP contribution in [0.15, 0.2) is 30.5 Å². The Morgan fingerprint density at radius 2 is 2.23 bits per heavy atom. The molecule has 0 radical (unpaired) electrons. The molecule has 2 aromatic heterocycles. The van der Waals surface area contributed by atoms with Gasteiger partial charge in [-0.05, 0) is 70.0 Å². The maximum atomic E-state index is 12.4. The van der Waals surface area contributed by atoms with Gasteiger partial charge in [0.15, 0.2) is 0 Å². The normalized spacial score (nSPS) is 18.8. The molecule has 1 aliphatic heterocycles. The molecule has 2 aromatic rings. The van der Waals surface area contributed by atoms with E-state index < -0.39 is 0 Å². The summed E-state index contributed by atoms with van der Waals surface area (Å²) in [7, 11) is 0. The fourth-order valence-electron chi connectivity index (χ4n) is 3.41. The SMILES string of the molecule is Cc1cccn2c(C(C)(C)NC(=O)CC3CCNC3)ccc12. The Morgan fingerprint density at radius 3 is 2.95 bits per heavy atom. The summed E-state index contributed by atoms with van der Waals surface area (Å²) in [5.41, 5.74) is 3.17. The van der Waals surface area contributed by atoms with Gasteiger partial charge in [0, 0.05) is 23.8 Å². The van der Waals surface area contributed by atoms with E-state index >= 15 is 0 Å². The van der Waals surface area contributed by atoms with Crippen molar-refractivity contribution in [1.82, 2.24) is 15.0 Å². The van der Waals surface area contributed by atoms with Gasteiger partial charge in [-0.15, -0.1) is 0 Å². The first-order valence-electron chi connectivity index (χ1n) is 8.06. The predicted octanol–water partition coefficient (Wildman–Crippen LogP) is 2.60. The lowest BCUT2D eigenvalue weighted by atomic mass is 9.98. The Bertz CT molecular complexity index is 681. The van der Waals surface area contributed by atoms with Crippen molar-refractivity contribution in [2.75, 3.05) is 13.1 Å². The Hall–Kier alpha value is -1.81. The standard InChI is InChI=1S/C18H25N3O/c1-13-5-4-10-21-15(13)6-7-16(21)18(2,3)20-17(22)11-14-8-9-19-12-14/h4-7,10,14,19H,8-9,11-12H2,1-3H3,(H,20,22). The minimum Gasteiger partial charge on any atom is -0.346 e. The molecule has 22 heavy (non-hydrogen) atoms. The van der Waals surface area contributed by atoms with Crippen LogP contribution in [0.1, 0.15) is 37.9 Å². The minimum absolute atomic E-state index is 0.140. The summed E-state index contributed by atoms with van der Waals surface area (Å²) in [5.74, 6) is 0.614. The Labute approximate surface area is 131 Å². The van der Waals surface area contributed by atoms with E-state index in [0.717, 1.165) is 25.2 Å². The van der Waals surface area contributed by atoms with Crippen LogP contribution in [0.2, 0.25) is 0 Å². The first kappa shape index (κ1) is 15.1. The molecule has 0 saturated carbocycles. The smallest absolute Gasteiger partial charge is 0.221 e. The van der Waals surface area contributed by atoms with Gasteiger partial charge in [-0.25, -0.2) is 0 Å². The number of aromatic nitrogens is 1. The molecule has 0 bridgehead atoms. The maximum Gasteiger partial charge on any atom is 0.221 e. The zero-order valence-corrected chi connectivity index (χ0v) is 13.6. The third-order valence-electron chi connectivity index (χ3n) is 4.63. The first-order valence-corrected chi connectivity index (χ1v) is 8.06. The first-order chi connectivity index (χ1) is 10.5. The molecule has 1 unspecified atom stereocenters. The van der Waals surface area contributed by atoms with Crippen LogP contribution in [0.5, 0.6) is 0 Å². The molecular formula is C18H25N3O. The van der Waals surface area contributed by atoms with E-state index in [1.807, 2.05) is 6.07 Å². The highest BCUT2D eigenvalue weighted by molar-refractivity contribution is 5.77. The van der Waals surface area contributed by atoms with Crippen LogP contribution in [0, 0.1) is 12.8 Å². The number of carbonyl (C=O) groups is 1. The topological polar surface area (TPSA) is 45.5 Å². The molecule has 0 aromatic carbocycles. The Morgan fingerprint density at radius 1 is 1.41 bits per heavy atom. The summed E-state index contributed by atoms with van der Waals surface area (Å²) in [4.78, 5) is 12.4. The van der Waals surface area contributed by atoms with Gasteiger partial charge in [0.25, 0.3) is 0 Å². The van der Waals surface area contributed by atoms with E-state index in [2.05, 4.69) is 60.2 Å². The van der Waals surface area contributed by atoms with Gasteiger partial charge in [-0.1, -0.05) is 6.07 Å². The number of amides is 1. The van der Waals surface area contributed by atoms with Gasteiger partial charge >= 0.3 is 0 Å². The lowest BCUT2D eigenvalue weighted by Crippen LogP contribution is -2.42. The van der Waals surface area contributed by atoms with Crippen molar-refractivity contribution in [1.29, 1.82) is 0 Å². The number of carbonyl (C=O) groups excluding carboxylic acids is 1. The second-order valence-corrected chi connectivity index (χ2v) is 6.90. The van der Waals surface area contributed by atoms with E-state index in [-0.39, 0.29) is 11.4 Å². The van der Waals surface area contributed by atoms with E-state index in [0.29, 0.717) is 12.3 Å². The highest BCUT2D eigenvalue weighted by Gasteiger charge is 2.27. The van der Waals surface area contributed by atoms with Crippen molar-refractivity contribution in [2.24, 2.45) is 5.92 Å². The van der Waals surface area contributed by atoms with Crippen LogP contribution in [-0.4, -0.2) is 23.4 Å². The Kier molecular flexibility index (Phi) is 3.96. The minimum atomic E-state index is -0.386. The van der Waals surface area contributed by atoms with Crippen LogP contribution >= 0.6 is 0 Å². The molecule has 2 N–H and O–H groups in total. The van der Waals surface area contributed by atoms with Crippen molar-refractivity contribution < 1.29 is 4.79 Å². The summed E-state index contributed by atoms with van der Waals surface area (Å²) < 4.78 is 2.17. The number of nitrogens with one attached hydrogen (secondary N) is 2. The average molecular weight is 299 g/mol. The van der Waals surface area contributed by atoms with Crippen molar-refractivity contribution in [3.8, 4) is 0 Å². The van der Waals surface area contributed by atoms with Crippen molar-refractivity contribution in [3.05, 3.63) is 41.7 Å². The number of nitrogens with zero attached hydrogens (tertiary/aromatic N) is 1. The fraction of sp³-hybridized carbons (Fsp3) is 0.500. The van der Waals surface area contributed by atoms with Crippen LogP contribution < -0.4 is 10.6 Å². The van der Waals surface area contributed by atoms with Gasteiger partial charge in [-0.2, -0.15) is 0 Å². The molecule has 1 saturated heterocycles. The number of hydrogen-bond donors (Lipinski definition) is 2. The number of fused-ring (bicyclic) bond motifs is 1. The molecule has 4 nitrogen and oxygen atoms in total. The molecule has 1 atom stereocenters. The number of aryl methyl sites for hydroxylation is 1.